The second-order valence-electron chi connectivity index (χ2n) is 3.09. The molecule has 0 aliphatic rings. The average Bonchev–Trinajstić information content (AvgIpc) is 2.26. The number of nitrogens with one attached hydrogen (secondary N) is 1. The average molecular weight is 440 g/mol. The SMILES string of the molecule is O=c1ccc(-c2cc(I)c(O)c(I)c2)n[nH]1. The Morgan fingerprint density at radius 3 is 2.31 bits per heavy atom. The van der Waals surface area contributed by atoms with Crippen molar-refractivity contribution in [3.05, 3.63) is 41.8 Å². The van der Waals surface area contributed by atoms with Gasteiger partial charge in [0.25, 0.3) is 5.56 Å². The molecule has 0 fully saturated rings. The number of nitrogens with zero attached hydrogens (tertiary/aromatic N) is 1. The van der Waals surface area contributed by atoms with E-state index in [0.717, 1.165) is 12.7 Å². The molecule has 82 valence electrons. The van der Waals surface area contributed by atoms with Crippen molar-refractivity contribution in [3.63, 3.8) is 0 Å². The van der Waals surface area contributed by atoms with Crippen LogP contribution < -0.4 is 5.56 Å². The van der Waals surface area contributed by atoms with E-state index in [1.165, 1.54) is 6.07 Å². The number of hydrogen-bond acceptors (Lipinski definition) is 3. The van der Waals surface area contributed by atoms with Crippen LogP contribution in [0.5, 0.6) is 5.75 Å². The van der Waals surface area contributed by atoms with Crippen molar-refractivity contribution in [3.8, 4) is 17.0 Å². The monoisotopic (exact) mass is 440 g/mol. The van der Waals surface area contributed by atoms with Gasteiger partial charge in [0.1, 0.15) is 5.75 Å². The molecule has 0 saturated carbocycles. The van der Waals surface area contributed by atoms with E-state index in [9.17, 15) is 9.90 Å². The fraction of sp³-hybridized carbons (Fsp3) is 0. The zero-order valence-electron chi connectivity index (χ0n) is 7.87. The minimum atomic E-state index is -0.230. The molecule has 2 aromatic rings. The Labute approximate surface area is 118 Å². The lowest BCUT2D eigenvalue weighted by Gasteiger charge is -2.04. The molecule has 4 nitrogen and oxygen atoms in total. The van der Waals surface area contributed by atoms with E-state index in [1.54, 1.807) is 6.07 Å². The number of H-pyrrole nitrogens is 1. The lowest BCUT2D eigenvalue weighted by atomic mass is 10.1. The van der Waals surface area contributed by atoms with Crippen molar-refractivity contribution in [1.82, 2.24) is 10.2 Å². The largest absolute Gasteiger partial charge is 0.506 e. The van der Waals surface area contributed by atoms with E-state index in [-0.39, 0.29) is 11.3 Å². The molecule has 0 unspecified atom stereocenters. The first kappa shape index (κ1) is 11.8. The quantitative estimate of drug-likeness (QED) is 0.670. The summed E-state index contributed by atoms with van der Waals surface area (Å²) in [7, 11) is 0. The van der Waals surface area contributed by atoms with Gasteiger partial charge in [-0.2, -0.15) is 5.10 Å². The molecule has 0 radical (unpaired) electrons. The lowest BCUT2D eigenvalue weighted by molar-refractivity contribution is 0.467. The van der Waals surface area contributed by atoms with E-state index in [2.05, 4.69) is 55.4 Å². The summed E-state index contributed by atoms with van der Waals surface area (Å²) in [6, 6.07) is 6.71. The van der Waals surface area contributed by atoms with Crippen LogP contribution in [0.25, 0.3) is 11.3 Å². The fourth-order valence-corrected chi connectivity index (χ4v) is 2.99. The number of phenolic OH excluding ortho intramolecular Hbond substituents is 1. The zero-order valence-corrected chi connectivity index (χ0v) is 12.2. The molecular weight excluding hydrogens is 434 g/mol. The number of phenols is 1. The van der Waals surface area contributed by atoms with Gasteiger partial charge in [-0.1, -0.05) is 0 Å². The molecule has 2 rings (SSSR count). The van der Waals surface area contributed by atoms with Gasteiger partial charge in [0.05, 0.1) is 12.8 Å². The molecule has 6 heteroatoms. The summed E-state index contributed by atoms with van der Waals surface area (Å²) in [5.41, 5.74) is 1.31. The van der Waals surface area contributed by atoms with E-state index in [0.29, 0.717) is 5.69 Å². The van der Waals surface area contributed by atoms with Crippen molar-refractivity contribution in [2.24, 2.45) is 0 Å². The van der Waals surface area contributed by atoms with Gasteiger partial charge in [-0.15, -0.1) is 0 Å². The molecule has 0 bridgehead atoms. The van der Waals surface area contributed by atoms with Crippen LogP contribution in [0.2, 0.25) is 0 Å². The van der Waals surface area contributed by atoms with Crippen LogP contribution in [0.15, 0.2) is 29.1 Å². The topological polar surface area (TPSA) is 66.0 Å². The number of benzene rings is 1. The highest BCUT2D eigenvalue weighted by Gasteiger charge is 2.08. The van der Waals surface area contributed by atoms with Gasteiger partial charge in [0.15, 0.2) is 0 Å². The Hall–Kier alpha value is -0.640. The van der Waals surface area contributed by atoms with E-state index >= 15 is 0 Å². The summed E-state index contributed by atoms with van der Waals surface area (Å²) in [6.45, 7) is 0. The molecule has 0 aliphatic heterocycles. The van der Waals surface area contributed by atoms with Gasteiger partial charge < -0.3 is 5.11 Å². The van der Waals surface area contributed by atoms with Crippen LogP contribution in [-0.4, -0.2) is 15.3 Å². The van der Waals surface area contributed by atoms with Crippen molar-refractivity contribution in [1.29, 1.82) is 0 Å². The first-order chi connectivity index (χ1) is 7.58. The highest BCUT2D eigenvalue weighted by atomic mass is 127. The van der Waals surface area contributed by atoms with Crippen LogP contribution in [0.3, 0.4) is 0 Å². The molecular formula is C10H6I2N2O2. The molecule has 0 amide bonds. The standard InChI is InChI=1S/C10H6I2N2O2/c11-6-3-5(4-7(12)10(6)16)8-1-2-9(15)14-13-8/h1-4,16H,(H,14,15). The summed E-state index contributed by atoms with van der Waals surface area (Å²) in [5.74, 6) is 0.273. The van der Waals surface area contributed by atoms with E-state index in [4.69, 9.17) is 0 Å². The third-order valence-electron chi connectivity index (χ3n) is 1.99. The molecule has 0 atom stereocenters. The molecule has 0 saturated heterocycles. The predicted octanol–water partition coefficient (Wildman–Crippen LogP) is 2.35. The first-order valence-electron chi connectivity index (χ1n) is 4.32. The van der Waals surface area contributed by atoms with Crippen LogP contribution in [0.4, 0.5) is 0 Å². The molecule has 2 N–H and O–H groups in total. The molecule has 1 aromatic carbocycles. The van der Waals surface area contributed by atoms with Crippen LogP contribution in [0.1, 0.15) is 0 Å². The Balaban J connectivity index is 2.56. The molecule has 1 aromatic heterocycles. The highest BCUT2D eigenvalue weighted by molar-refractivity contribution is 14.1. The van der Waals surface area contributed by atoms with Crippen LogP contribution in [0, 0.1) is 7.14 Å². The second kappa shape index (κ2) is 4.70. The van der Waals surface area contributed by atoms with Crippen LogP contribution >= 0.6 is 45.2 Å². The van der Waals surface area contributed by atoms with Gasteiger partial charge in [0.2, 0.25) is 0 Å². The minimum Gasteiger partial charge on any atom is -0.506 e. The van der Waals surface area contributed by atoms with Gasteiger partial charge in [0, 0.05) is 11.6 Å². The summed E-state index contributed by atoms with van der Waals surface area (Å²) < 4.78 is 1.51. The number of hydrogen-bond donors (Lipinski definition) is 2. The Morgan fingerprint density at radius 1 is 1.19 bits per heavy atom. The summed E-state index contributed by atoms with van der Waals surface area (Å²) in [6.07, 6.45) is 0. The molecule has 0 spiro atoms. The van der Waals surface area contributed by atoms with Crippen molar-refractivity contribution in [2.75, 3.05) is 0 Å². The number of aromatic amines is 1. The van der Waals surface area contributed by atoms with Gasteiger partial charge in [-0.05, 0) is 63.4 Å². The van der Waals surface area contributed by atoms with E-state index in [1.807, 2.05) is 12.1 Å². The highest BCUT2D eigenvalue weighted by Crippen LogP contribution is 2.30. The molecule has 0 aliphatic carbocycles. The number of aromatic nitrogens is 2. The fourth-order valence-electron chi connectivity index (χ4n) is 1.22. The Kier molecular flexibility index (Phi) is 3.47. The summed E-state index contributed by atoms with van der Waals surface area (Å²) in [5, 5.41) is 15.9. The maximum Gasteiger partial charge on any atom is 0.264 e. The Morgan fingerprint density at radius 2 is 1.81 bits per heavy atom. The zero-order chi connectivity index (χ0) is 11.7. The maximum atomic E-state index is 10.9. The summed E-state index contributed by atoms with van der Waals surface area (Å²) >= 11 is 4.11. The van der Waals surface area contributed by atoms with Crippen LogP contribution in [-0.2, 0) is 0 Å². The smallest absolute Gasteiger partial charge is 0.264 e. The van der Waals surface area contributed by atoms with Gasteiger partial charge >= 0.3 is 0 Å². The lowest BCUT2D eigenvalue weighted by Crippen LogP contribution is -2.05. The normalized spacial score (nSPS) is 10.4. The number of halogens is 2. The second-order valence-corrected chi connectivity index (χ2v) is 5.42. The number of aromatic hydroxyl groups is 1. The first-order valence-corrected chi connectivity index (χ1v) is 6.48. The third-order valence-corrected chi connectivity index (χ3v) is 3.64. The number of rotatable bonds is 1. The predicted molar refractivity (Wildman–Crippen MR) is 77.4 cm³/mol. The Bertz CT molecular complexity index is 552. The third kappa shape index (κ3) is 2.37. The van der Waals surface area contributed by atoms with Crippen molar-refractivity contribution < 1.29 is 5.11 Å². The maximum absolute atomic E-state index is 10.9. The summed E-state index contributed by atoms with van der Waals surface area (Å²) in [4.78, 5) is 10.9. The van der Waals surface area contributed by atoms with Gasteiger partial charge in [-0.3, -0.25) is 4.79 Å². The van der Waals surface area contributed by atoms with Crippen molar-refractivity contribution in [2.45, 2.75) is 0 Å². The van der Waals surface area contributed by atoms with E-state index < -0.39 is 0 Å². The molecule has 16 heavy (non-hydrogen) atoms. The molecule has 1 heterocycles. The van der Waals surface area contributed by atoms with Gasteiger partial charge in [-0.25, -0.2) is 5.10 Å². The van der Waals surface area contributed by atoms with Crippen molar-refractivity contribution >= 4 is 45.2 Å². The minimum absolute atomic E-state index is 0.230.